The maximum atomic E-state index is 4.04. The summed E-state index contributed by atoms with van der Waals surface area (Å²) in [7, 11) is 0. The summed E-state index contributed by atoms with van der Waals surface area (Å²) in [6.45, 7) is 7.63. The summed E-state index contributed by atoms with van der Waals surface area (Å²) in [6.07, 6.45) is 8.95. The van der Waals surface area contributed by atoms with Gasteiger partial charge in [0.2, 0.25) is 0 Å². The van der Waals surface area contributed by atoms with Crippen LogP contribution in [0.1, 0.15) is 43.0 Å². The van der Waals surface area contributed by atoms with E-state index < -0.39 is 0 Å². The molecule has 26 heavy (non-hydrogen) atoms. The molecule has 2 aromatic rings. The Kier molecular flexibility index (Phi) is 3.40. The lowest BCUT2D eigenvalue weighted by molar-refractivity contribution is -0.130. The number of aromatic amines is 1. The highest BCUT2D eigenvalue weighted by Gasteiger charge is 2.56. The molecule has 1 aromatic heterocycles. The lowest BCUT2D eigenvalue weighted by Crippen LogP contribution is -2.67. The summed E-state index contributed by atoms with van der Waals surface area (Å²) in [5.41, 5.74) is 4.50. The molecule has 7 rings (SSSR count). The van der Waals surface area contributed by atoms with E-state index in [9.17, 15) is 0 Å². The third-order valence-corrected chi connectivity index (χ3v) is 7.89. The van der Waals surface area contributed by atoms with Gasteiger partial charge in [-0.25, -0.2) is 0 Å². The molecule has 3 nitrogen and oxygen atoms in total. The van der Waals surface area contributed by atoms with E-state index in [0.29, 0.717) is 6.04 Å². The van der Waals surface area contributed by atoms with E-state index in [4.69, 9.17) is 0 Å². The number of nitrogens with zero attached hydrogens (tertiary/aromatic N) is 2. The van der Waals surface area contributed by atoms with Crippen molar-refractivity contribution in [1.82, 2.24) is 14.8 Å². The van der Waals surface area contributed by atoms with Crippen LogP contribution >= 0.6 is 0 Å². The Labute approximate surface area is 156 Å². The van der Waals surface area contributed by atoms with Crippen LogP contribution in [0.3, 0.4) is 0 Å². The van der Waals surface area contributed by atoms with Gasteiger partial charge in [0.25, 0.3) is 0 Å². The minimum Gasteiger partial charge on any atom is -0.357 e. The van der Waals surface area contributed by atoms with Gasteiger partial charge in [0.05, 0.1) is 6.04 Å². The van der Waals surface area contributed by atoms with Gasteiger partial charge in [-0.05, 0) is 62.1 Å². The molecule has 0 amide bonds. The number of hydrogen-bond donors (Lipinski definition) is 1. The summed E-state index contributed by atoms with van der Waals surface area (Å²) in [4.78, 5) is 9.54. The normalized spacial score (nSPS) is 36.5. The molecule has 0 unspecified atom stereocenters. The maximum absolute atomic E-state index is 4.04. The number of fused-ring (bicyclic) bond motifs is 4. The molecule has 1 aliphatic carbocycles. The van der Waals surface area contributed by atoms with Crippen LogP contribution in [0.4, 0.5) is 0 Å². The summed E-state index contributed by atoms with van der Waals surface area (Å²) in [5, 5.41) is 1.46. The zero-order valence-electron chi connectivity index (χ0n) is 15.5. The fraction of sp³-hybridized carbons (Fsp3) is 0.565. The number of H-pyrrole nitrogens is 1. The Morgan fingerprint density at radius 3 is 2.96 bits per heavy atom. The van der Waals surface area contributed by atoms with Crippen molar-refractivity contribution in [3.05, 3.63) is 48.2 Å². The van der Waals surface area contributed by atoms with Crippen LogP contribution in [0.2, 0.25) is 0 Å². The van der Waals surface area contributed by atoms with Crippen LogP contribution in [-0.2, 0) is 6.42 Å². The van der Waals surface area contributed by atoms with E-state index in [-0.39, 0.29) is 0 Å². The minimum absolute atomic E-state index is 0.608. The molecule has 2 bridgehead atoms. The zero-order chi connectivity index (χ0) is 17.3. The first kappa shape index (κ1) is 15.5. The van der Waals surface area contributed by atoms with E-state index in [1.54, 1.807) is 11.3 Å². The molecule has 4 aliphatic heterocycles. The Morgan fingerprint density at radius 1 is 1.12 bits per heavy atom. The topological polar surface area (TPSA) is 22.3 Å². The number of rotatable bonds is 2. The number of hydrogen-bond acceptors (Lipinski definition) is 2. The fourth-order valence-corrected chi connectivity index (χ4v) is 7.13. The molecule has 5 aliphatic rings. The van der Waals surface area contributed by atoms with Gasteiger partial charge < -0.3 is 4.98 Å². The van der Waals surface area contributed by atoms with Crippen molar-refractivity contribution in [3.8, 4) is 0 Å². The molecule has 5 heterocycles. The monoisotopic (exact) mass is 347 g/mol. The smallest absolute Gasteiger partial charge is 0.0547 e. The molecular weight excluding hydrogens is 318 g/mol. The standard InChI is InChI=1S/C23H29N3/c1-2-12-25-13-5-7-17-20-10-9-18(22(17)25)23-21-16(11-14-26(20)23)15-6-3-4-8-19(15)24-21/h2-4,6,8,17-18,20,22-24H,1,5,7,9-14H2/t17-,18-,20+,22-,23+/m0/s1. The van der Waals surface area contributed by atoms with Crippen LogP contribution in [-0.4, -0.2) is 46.5 Å². The van der Waals surface area contributed by atoms with Crippen LogP contribution in [0.5, 0.6) is 0 Å². The highest BCUT2D eigenvalue weighted by atomic mass is 15.3. The first-order valence-electron chi connectivity index (χ1n) is 10.6. The molecule has 1 N–H and O–H groups in total. The highest BCUT2D eigenvalue weighted by Crippen LogP contribution is 2.56. The Morgan fingerprint density at radius 2 is 2.04 bits per heavy atom. The molecule has 1 aromatic carbocycles. The van der Waals surface area contributed by atoms with Crippen LogP contribution < -0.4 is 0 Å². The van der Waals surface area contributed by atoms with Crippen molar-refractivity contribution in [2.75, 3.05) is 19.6 Å². The average Bonchev–Trinajstić information content (AvgIpc) is 3.08. The van der Waals surface area contributed by atoms with E-state index in [0.717, 1.165) is 30.5 Å². The first-order chi connectivity index (χ1) is 12.9. The lowest BCUT2D eigenvalue weighted by Gasteiger charge is -2.63. The number of nitrogens with one attached hydrogen (secondary N) is 1. The van der Waals surface area contributed by atoms with Crippen molar-refractivity contribution in [2.45, 2.75) is 50.2 Å². The van der Waals surface area contributed by atoms with Gasteiger partial charge in [0.15, 0.2) is 0 Å². The largest absolute Gasteiger partial charge is 0.357 e. The summed E-state index contributed by atoms with van der Waals surface area (Å²) < 4.78 is 0. The third kappa shape index (κ3) is 1.96. The van der Waals surface area contributed by atoms with Gasteiger partial charge in [0, 0.05) is 41.8 Å². The molecule has 1 saturated carbocycles. The first-order valence-corrected chi connectivity index (χ1v) is 10.6. The molecule has 3 saturated heterocycles. The van der Waals surface area contributed by atoms with E-state index >= 15 is 0 Å². The van der Waals surface area contributed by atoms with Crippen molar-refractivity contribution in [3.63, 3.8) is 0 Å². The second-order valence-electron chi connectivity index (χ2n) is 8.88. The quantitative estimate of drug-likeness (QED) is 0.826. The van der Waals surface area contributed by atoms with Gasteiger partial charge in [0.1, 0.15) is 0 Å². The van der Waals surface area contributed by atoms with Crippen molar-refractivity contribution in [1.29, 1.82) is 0 Å². The van der Waals surface area contributed by atoms with Crippen molar-refractivity contribution < 1.29 is 0 Å². The summed E-state index contributed by atoms with van der Waals surface area (Å²) in [6, 6.07) is 11.1. The fourth-order valence-electron chi connectivity index (χ4n) is 7.13. The number of piperidine rings is 3. The van der Waals surface area contributed by atoms with Gasteiger partial charge >= 0.3 is 0 Å². The SMILES string of the molecule is C=CCN1CCC[C@@H]2[C@H]1[C@@H]1CC[C@H]2N2CCc3c([nH]c4ccccc34)[C@@H]12. The molecule has 0 radical (unpaired) electrons. The Hall–Kier alpha value is -1.58. The number of para-hydroxylation sites is 1. The summed E-state index contributed by atoms with van der Waals surface area (Å²) in [5.74, 6) is 1.65. The molecule has 5 atom stereocenters. The van der Waals surface area contributed by atoms with Crippen LogP contribution in [0.25, 0.3) is 10.9 Å². The van der Waals surface area contributed by atoms with Crippen LogP contribution in [0.15, 0.2) is 36.9 Å². The van der Waals surface area contributed by atoms with E-state index in [1.807, 2.05) is 0 Å². The maximum Gasteiger partial charge on any atom is 0.0547 e. The minimum atomic E-state index is 0.608. The van der Waals surface area contributed by atoms with Gasteiger partial charge in [-0.15, -0.1) is 6.58 Å². The van der Waals surface area contributed by atoms with Gasteiger partial charge in [-0.2, -0.15) is 0 Å². The molecule has 3 heteroatoms. The zero-order valence-corrected chi connectivity index (χ0v) is 15.5. The van der Waals surface area contributed by atoms with E-state index in [1.165, 1.54) is 56.1 Å². The van der Waals surface area contributed by atoms with Gasteiger partial charge in [-0.3, -0.25) is 9.80 Å². The van der Waals surface area contributed by atoms with Crippen LogP contribution in [0, 0.1) is 11.8 Å². The van der Waals surface area contributed by atoms with E-state index in [2.05, 4.69) is 51.7 Å². The molecular formula is C23H29N3. The Balaban J connectivity index is 1.47. The Bertz CT molecular complexity index is 852. The predicted octanol–water partition coefficient (Wildman–Crippen LogP) is 4.13. The highest BCUT2D eigenvalue weighted by molar-refractivity contribution is 5.85. The average molecular weight is 348 g/mol. The molecule has 4 fully saturated rings. The predicted molar refractivity (Wildman–Crippen MR) is 106 cm³/mol. The van der Waals surface area contributed by atoms with Gasteiger partial charge in [-0.1, -0.05) is 24.3 Å². The van der Waals surface area contributed by atoms with Crippen molar-refractivity contribution in [2.24, 2.45) is 11.8 Å². The number of likely N-dealkylation sites (tertiary alicyclic amines) is 1. The third-order valence-electron chi connectivity index (χ3n) is 7.89. The van der Waals surface area contributed by atoms with Crippen molar-refractivity contribution >= 4 is 10.9 Å². The number of benzene rings is 1. The molecule has 0 spiro atoms. The number of aromatic nitrogens is 1. The molecule has 136 valence electrons. The summed E-state index contributed by atoms with van der Waals surface area (Å²) >= 11 is 0. The lowest BCUT2D eigenvalue weighted by atomic mass is 9.60. The second-order valence-corrected chi connectivity index (χ2v) is 8.88. The second kappa shape index (κ2) is 5.71.